The summed E-state index contributed by atoms with van der Waals surface area (Å²) < 4.78 is 52.9. The molecule has 28 heavy (non-hydrogen) atoms. The summed E-state index contributed by atoms with van der Waals surface area (Å²) in [5.74, 6) is -4.08. The molecule has 3 aliphatic carbocycles. The van der Waals surface area contributed by atoms with E-state index in [0.717, 1.165) is 18.4 Å². The molecule has 1 aromatic rings. The summed E-state index contributed by atoms with van der Waals surface area (Å²) in [7, 11) is 0. The highest BCUT2D eigenvalue weighted by Crippen LogP contribution is 2.63. The Bertz CT molecular complexity index is 780. The molecule has 3 unspecified atom stereocenters. The van der Waals surface area contributed by atoms with E-state index in [4.69, 9.17) is 9.47 Å². The lowest BCUT2D eigenvalue weighted by Gasteiger charge is -2.22. The van der Waals surface area contributed by atoms with Gasteiger partial charge in [-0.15, -0.1) is 0 Å². The maximum absolute atomic E-state index is 14.6. The minimum atomic E-state index is -2.50. The fourth-order valence-electron chi connectivity index (χ4n) is 4.33. The van der Waals surface area contributed by atoms with Gasteiger partial charge in [-0.25, -0.2) is 18.0 Å². The van der Waals surface area contributed by atoms with Gasteiger partial charge in [0.2, 0.25) is 0 Å². The molecule has 3 fully saturated rings. The van der Waals surface area contributed by atoms with Crippen molar-refractivity contribution in [1.82, 2.24) is 0 Å². The van der Waals surface area contributed by atoms with Crippen LogP contribution in [-0.2, 0) is 4.74 Å². The van der Waals surface area contributed by atoms with Gasteiger partial charge in [-0.05, 0) is 76.3 Å². The predicted molar refractivity (Wildman–Crippen MR) is 98.3 cm³/mol. The van der Waals surface area contributed by atoms with Gasteiger partial charge >= 0.3 is 5.97 Å². The first-order valence-electron chi connectivity index (χ1n) is 10.1. The van der Waals surface area contributed by atoms with Gasteiger partial charge in [-0.3, -0.25) is 0 Å². The number of fused-ring (bicyclic) bond motifs is 1. The Morgan fingerprint density at radius 3 is 2.46 bits per heavy atom. The van der Waals surface area contributed by atoms with Crippen molar-refractivity contribution in [2.45, 2.75) is 70.3 Å². The van der Waals surface area contributed by atoms with E-state index in [1.807, 2.05) is 0 Å². The zero-order valence-electron chi connectivity index (χ0n) is 16.6. The summed E-state index contributed by atoms with van der Waals surface area (Å²) in [4.78, 5) is 12.3. The second kappa shape index (κ2) is 6.67. The quantitative estimate of drug-likeness (QED) is 0.597. The van der Waals surface area contributed by atoms with Crippen LogP contribution in [0.2, 0.25) is 0 Å². The van der Waals surface area contributed by atoms with E-state index in [1.54, 1.807) is 26.8 Å². The summed E-state index contributed by atoms with van der Waals surface area (Å²) in [5, 5.41) is 0. The standard InChI is InChI=1S/C22H27F3O3/c1-21(2,3)28-20(26)15-9-14(13-5-6-13)19(10-18(15)23)27-11-12-4-7-16-17(8-12)22(16,24)25/h9-10,12-13,16-17H,4-8,11H2,1-3H3. The molecule has 1 aromatic carbocycles. The average Bonchev–Trinajstić information content (AvgIpc) is 3.50. The summed E-state index contributed by atoms with van der Waals surface area (Å²) in [6, 6.07) is 2.80. The lowest BCUT2D eigenvalue weighted by Crippen LogP contribution is -2.24. The van der Waals surface area contributed by atoms with Crippen molar-refractivity contribution in [3.8, 4) is 5.75 Å². The van der Waals surface area contributed by atoms with Crippen LogP contribution in [0, 0.1) is 23.6 Å². The van der Waals surface area contributed by atoms with E-state index in [2.05, 4.69) is 0 Å². The van der Waals surface area contributed by atoms with Crippen molar-refractivity contribution >= 4 is 5.97 Å². The Morgan fingerprint density at radius 2 is 1.86 bits per heavy atom. The van der Waals surface area contributed by atoms with Gasteiger partial charge in [0, 0.05) is 17.9 Å². The predicted octanol–water partition coefficient (Wildman–Crippen LogP) is 5.72. The monoisotopic (exact) mass is 396 g/mol. The number of rotatable bonds is 5. The zero-order chi connectivity index (χ0) is 20.3. The van der Waals surface area contributed by atoms with Gasteiger partial charge in [-0.2, -0.15) is 0 Å². The SMILES string of the molecule is CC(C)(C)OC(=O)c1cc(C2CC2)c(OCC2CCC3C(C2)C3(F)F)cc1F. The first kappa shape index (κ1) is 19.6. The van der Waals surface area contributed by atoms with Gasteiger partial charge in [0.05, 0.1) is 12.2 Å². The highest BCUT2D eigenvalue weighted by molar-refractivity contribution is 5.90. The lowest BCUT2D eigenvalue weighted by atomic mass is 9.90. The largest absolute Gasteiger partial charge is 0.493 e. The average molecular weight is 396 g/mol. The number of hydrogen-bond donors (Lipinski definition) is 0. The van der Waals surface area contributed by atoms with Gasteiger partial charge < -0.3 is 9.47 Å². The minimum Gasteiger partial charge on any atom is -0.493 e. The summed E-state index contributed by atoms with van der Waals surface area (Å²) in [5.41, 5.74) is 0.0253. The van der Waals surface area contributed by atoms with Crippen LogP contribution >= 0.6 is 0 Å². The fourth-order valence-corrected chi connectivity index (χ4v) is 4.33. The van der Waals surface area contributed by atoms with E-state index in [1.165, 1.54) is 6.07 Å². The number of ether oxygens (including phenoxy) is 2. The van der Waals surface area contributed by atoms with Gasteiger partial charge in [0.15, 0.2) is 0 Å². The Balaban J connectivity index is 1.47. The topological polar surface area (TPSA) is 35.5 Å². The normalized spacial score (nSPS) is 28.4. The van der Waals surface area contributed by atoms with E-state index < -0.39 is 35.1 Å². The van der Waals surface area contributed by atoms with Gasteiger partial charge in [-0.1, -0.05) is 0 Å². The highest BCUT2D eigenvalue weighted by Gasteiger charge is 2.68. The number of hydrogen-bond acceptors (Lipinski definition) is 3. The molecule has 6 heteroatoms. The van der Waals surface area contributed by atoms with E-state index >= 15 is 0 Å². The molecule has 3 atom stereocenters. The second-order valence-electron chi connectivity index (χ2n) is 9.52. The van der Waals surface area contributed by atoms with E-state index in [0.29, 0.717) is 31.6 Å². The van der Waals surface area contributed by atoms with E-state index in [9.17, 15) is 18.0 Å². The smallest absolute Gasteiger partial charge is 0.341 e. The maximum atomic E-state index is 14.6. The molecule has 0 aromatic heterocycles. The molecular weight excluding hydrogens is 369 g/mol. The van der Waals surface area contributed by atoms with Crippen molar-refractivity contribution < 1.29 is 27.4 Å². The first-order valence-corrected chi connectivity index (χ1v) is 10.1. The number of benzene rings is 1. The zero-order valence-corrected chi connectivity index (χ0v) is 16.6. The second-order valence-corrected chi connectivity index (χ2v) is 9.52. The van der Waals surface area contributed by atoms with Crippen molar-refractivity contribution in [2.75, 3.05) is 6.61 Å². The Morgan fingerprint density at radius 1 is 1.14 bits per heavy atom. The third-order valence-electron chi connectivity index (χ3n) is 6.05. The molecule has 3 aliphatic rings. The molecule has 0 aliphatic heterocycles. The van der Waals surface area contributed by atoms with Crippen LogP contribution in [-0.4, -0.2) is 24.1 Å². The summed E-state index contributed by atoms with van der Waals surface area (Å²) >= 11 is 0. The van der Waals surface area contributed by atoms with Crippen molar-refractivity contribution in [3.05, 3.63) is 29.1 Å². The minimum absolute atomic E-state index is 0.0651. The van der Waals surface area contributed by atoms with Crippen LogP contribution in [0.4, 0.5) is 13.2 Å². The molecule has 0 N–H and O–H groups in total. The molecule has 3 nitrogen and oxygen atoms in total. The van der Waals surface area contributed by atoms with Crippen molar-refractivity contribution in [1.29, 1.82) is 0 Å². The highest BCUT2D eigenvalue weighted by atomic mass is 19.3. The third kappa shape index (κ3) is 3.87. The molecule has 0 amide bonds. The number of carbonyl (C=O) groups is 1. The van der Waals surface area contributed by atoms with E-state index in [-0.39, 0.29) is 17.4 Å². The molecule has 154 valence electrons. The number of alkyl halides is 2. The first-order chi connectivity index (χ1) is 13.1. The Labute approximate surface area is 163 Å². The maximum Gasteiger partial charge on any atom is 0.341 e. The summed E-state index contributed by atoms with van der Waals surface area (Å²) in [6.45, 7) is 5.52. The molecule has 0 bridgehead atoms. The summed E-state index contributed by atoms with van der Waals surface area (Å²) in [6.07, 6.45) is 3.65. The van der Waals surface area contributed by atoms with Crippen LogP contribution in [0.25, 0.3) is 0 Å². The van der Waals surface area contributed by atoms with Crippen LogP contribution in [0.5, 0.6) is 5.75 Å². The molecule has 0 heterocycles. The fraction of sp³-hybridized carbons (Fsp3) is 0.682. The molecule has 0 saturated heterocycles. The molecule has 0 spiro atoms. The Kier molecular flexibility index (Phi) is 4.66. The van der Waals surface area contributed by atoms with Crippen molar-refractivity contribution in [3.63, 3.8) is 0 Å². The molecule has 0 radical (unpaired) electrons. The third-order valence-corrected chi connectivity index (χ3v) is 6.05. The molecule has 3 saturated carbocycles. The van der Waals surface area contributed by atoms with Crippen molar-refractivity contribution in [2.24, 2.45) is 17.8 Å². The van der Waals surface area contributed by atoms with Crippen LogP contribution in [0.15, 0.2) is 12.1 Å². The Hall–Kier alpha value is -1.72. The van der Waals surface area contributed by atoms with Crippen LogP contribution in [0.3, 0.4) is 0 Å². The van der Waals surface area contributed by atoms with Gasteiger partial charge in [0.1, 0.15) is 17.2 Å². The molecular formula is C22H27F3O3. The number of halogens is 3. The number of carbonyl (C=O) groups excluding carboxylic acids is 1. The number of esters is 1. The van der Waals surface area contributed by atoms with Crippen LogP contribution in [0.1, 0.15) is 74.7 Å². The van der Waals surface area contributed by atoms with Gasteiger partial charge in [0.25, 0.3) is 5.92 Å². The lowest BCUT2D eigenvalue weighted by molar-refractivity contribution is 0.00644. The van der Waals surface area contributed by atoms with Crippen LogP contribution < -0.4 is 4.74 Å². The molecule has 4 rings (SSSR count).